The standard InChI is InChI=1S/C12H24N2O3/c1-4-17-10-5-7-14(8-6-10)9-12(2,13-3)11(15)16/h10,13H,4-9H2,1-3H3,(H,15,16). The molecule has 1 aliphatic rings. The van der Waals surface area contributed by atoms with Crippen LogP contribution in [0, 0.1) is 0 Å². The van der Waals surface area contributed by atoms with Crippen LogP contribution in [-0.4, -0.2) is 60.9 Å². The normalized spacial score (nSPS) is 22.3. The molecule has 100 valence electrons. The Labute approximate surface area is 103 Å². The minimum atomic E-state index is -0.863. The molecule has 0 saturated carbocycles. The number of piperidine rings is 1. The number of carboxylic acids is 1. The molecular formula is C12H24N2O3. The molecule has 2 N–H and O–H groups in total. The third-order valence-corrected chi connectivity index (χ3v) is 3.50. The van der Waals surface area contributed by atoms with E-state index in [0.717, 1.165) is 32.5 Å². The fraction of sp³-hybridized carbons (Fsp3) is 0.917. The maximum atomic E-state index is 11.2. The molecule has 0 amide bonds. The van der Waals surface area contributed by atoms with Gasteiger partial charge in [0.2, 0.25) is 0 Å². The number of nitrogens with one attached hydrogen (secondary N) is 1. The van der Waals surface area contributed by atoms with Gasteiger partial charge in [-0.25, -0.2) is 0 Å². The summed E-state index contributed by atoms with van der Waals surface area (Å²) in [4.78, 5) is 13.4. The third-order valence-electron chi connectivity index (χ3n) is 3.50. The molecule has 0 spiro atoms. The summed E-state index contributed by atoms with van der Waals surface area (Å²) in [6.45, 7) is 6.86. The second-order valence-electron chi connectivity index (χ2n) is 4.82. The Balaban J connectivity index is 2.42. The number of ether oxygens (including phenoxy) is 1. The molecule has 1 atom stereocenters. The molecule has 0 bridgehead atoms. The monoisotopic (exact) mass is 244 g/mol. The first-order valence-electron chi connectivity index (χ1n) is 6.28. The van der Waals surface area contributed by atoms with Gasteiger partial charge in [-0.3, -0.25) is 4.79 Å². The molecule has 0 aromatic carbocycles. The lowest BCUT2D eigenvalue weighted by Gasteiger charge is -2.36. The molecule has 0 aromatic heterocycles. The zero-order valence-corrected chi connectivity index (χ0v) is 11.0. The molecule has 1 saturated heterocycles. The van der Waals surface area contributed by atoms with Crippen LogP contribution in [0.4, 0.5) is 0 Å². The number of carboxylic acid groups (broad SMARTS) is 1. The van der Waals surface area contributed by atoms with E-state index in [1.807, 2.05) is 6.92 Å². The summed E-state index contributed by atoms with van der Waals surface area (Å²) in [5, 5.41) is 12.1. The van der Waals surface area contributed by atoms with Crippen LogP contribution in [0.3, 0.4) is 0 Å². The number of hydrogen-bond donors (Lipinski definition) is 2. The van der Waals surface area contributed by atoms with E-state index in [-0.39, 0.29) is 0 Å². The molecule has 5 heteroatoms. The largest absolute Gasteiger partial charge is 0.480 e. The molecule has 0 aliphatic carbocycles. The molecule has 1 unspecified atom stereocenters. The third kappa shape index (κ3) is 3.94. The van der Waals surface area contributed by atoms with Crippen molar-refractivity contribution >= 4 is 5.97 Å². The van der Waals surface area contributed by atoms with Crippen LogP contribution in [0.2, 0.25) is 0 Å². The van der Waals surface area contributed by atoms with E-state index in [4.69, 9.17) is 4.74 Å². The lowest BCUT2D eigenvalue weighted by atomic mass is 9.99. The first-order chi connectivity index (χ1) is 8.01. The molecule has 17 heavy (non-hydrogen) atoms. The van der Waals surface area contributed by atoms with Crippen molar-refractivity contribution in [3.8, 4) is 0 Å². The fourth-order valence-electron chi connectivity index (χ4n) is 2.17. The summed E-state index contributed by atoms with van der Waals surface area (Å²) in [5.74, 6) is -0.799. The van der Waals surface area contributed by atoms with Gasteiger partial charge in [0.05, 0.1) is 6.10 Å². The van der Waals surface area contributed by atoms with E-state index in [0.29, 0.717) is 12.6 Å². The minimum Gasteiger partial charge on any atom is -0.480 e. The van der Waals surface area contributed by atoms with Gasteiger partial charge in [0, 0.05) is 26.2 Å². The summed E-state index contributed by atoms with van der Waals surface area (Å²) in [7, 11) is 1.70. The second kappa shape index (κ2) is 6.33. The lowest BCUT2D eigenvalue weighted by Crippen LogP contribution is -2.56. The Bertz CT molecular complexity index is 252. The summed E-state index contributed by atoms with van der Waals surface area (Å²) in [6, 6.07) is 0. The van der Waals surface area contributed by atoms with Crippen molar-refractivity contribution in [1.29, 1.82) is 0 Å². The van der Waals surface area contributed by atoms with E-state index in [9.17, 15) is 9.90 Å². The predicted octanol–water partition coefficient (Wildman–Crippen LogP) is 0.550. The number of likely N-dealkylation sites (tertiary alicyclic amines) is 1. The van der Waals surface area contributed by atoms with E-state index < -0.39 is 11.5 Å². The Morgan fingerprint density at radius 3 is 2.53 bits per heavy atom. The number of rotatable bonds is 6. The Morgan fingerprint density at radius 2 is 2.12 bits per heavy atom. The molecule has 1 heterocycles. The van der Waals surface area contributed by atoms with Gasteiger partial charge in [-0.2, -0.15) is 0 Å². The number of carbonyl (C=O) groups is 1. The van der Waals surface area contributed by atoms with E-state index >= 15 is 0 Å². The summed E-state index contributed by atoms with van der Waals surface area (Å²) in [5.41, 5.74) is -0.863. The highest BCUT2D eigenvalue weighted by atomic mass is 16.5. The van der Waals surface area contributed by atoms with Crippen LogP contribution in [0.15, 0.2) is 0 Å². The van der Waals surface area contributed by atoms with Crippen molar-refractivity contribution in [3.63, 3.8) is 0 Å². The van der Waals surface area contributed by atoms with Crippen molar-refractivity contribution in [2.75, 3.05) is 33.3 Å². The van der Waals surface area contributed by atoms with Crippen LogP contribution in [0.1, 0.15) is 26.7 Å². The van der Waals surface area contributed by atoms with Gasteiger partial charge in [0.15, 0.2) is 0 Å². The van der Waals surface area contributed by atoms with Gasteiger partial charge < -0.3 is 20.1 Å². The van der Waals surface area contributed by atoms with Crippen molar-refractivity contribution in [3.05, 3.63) is 0 Å². The zero-order chi connectivity index (χ0) is 12.9. The lowest BCUT2D eigenvalue weighted by molar-refractivity contribution is -0.145. The molecule has 0 aromatic rings. The maximum Gasteiger partial charge on any atom is 0.324 e. The van der Waals surface area contributed by atoms with E-state index in [2.05, 4.69) is 10.2 Å². The molecule has 1 rings (SSSR count). The highest BCUT2D eigenvalue weighted by Crippen LogP contribution is 2.16. The smallest absolute Gasteiger partial charge is 0.324 e. The molecule has 0 radical (unpaired) electrons. The van der Waals surface area contributed by atoms with Crippen LogP contribution >= 0.6 is 0 Å². The first kappa shape index (κ1) is 14.4. The van der Waals surface area contributed by atoms with Gasteiger partial charge >= 0.3 is 5.97 Å². The van der Waals surface area contributed by atoms with E-state index in [1.54, 1.807) is 14.0 Å². The number of aliphatic carboxylic acids is 1. The van der Waals surface area contributed by atoms with E-state index in [1.165, 1.54) is 0 Å². The fourth-order valence-corrected chi connectivity index (χ4v) is 2.17. The average molecular weight is 244 g/mol. The number of hydrogen-bond acceptors (Lipinski definition) is 4. The van der Waals surface area contributed by atoms with Crippen LogP contribution in [0.25, 0.3) is 0 Å². The molecule has 1 fully saturated rings. The Morgan fingerprint density at radius 1 is 1.53 bits per heavy atom. The van der Waals surface area contributed by atoms with Gasteiger partial charge in [0.1, 0.15) is 5.54 Å². The summed E-state index contributed by atoms with van der Waals surface area (Å²) in [6.07, 6.45) is 2.34. The topological polar surface area (TPSA) is 61.8 Å². The molecular weight excluding hydrogens is 220 g/mol. The molecule has 1 aliphatic heterocycles. The van der Waals surface area contributed by atoms with Crippen LogP contribution in [-0.2, 0) is 9.53 Å². The van der Waals surface area contributed by atoms with Crippen molar-refractivity contribution in [2.24, 2.45) is 0 Å². The quantitative estimate of drug-likeness (QED) is 0.714. The average Bonchev–Trinajstić information content (AvgIpc) is 2.31. The first-order valence-corrected chi connectivity index (χ1v) is 6.28. The van der Waals surface area contributed by atoms with Crippen molar-refractivity contribution < 1.29 is 14.6 Å². The summed E-state index contributed by atoms with van der Waals surface area (Å²) >= 11 is 0. The van der Waals surface area contributed by atoms with Gasteiger partial charge in [-0.05, 0) is 33.7 Å². The summed E-state index contributed by atoms with van der Waals surface area (Å²) < 4.78 is 5.58. The maximum absolute atomic E-state index is 11.2. The Kier molecular flexibility index (Phi) is 5.36. The SMILES string of the molecule is CCOC1CCN(CC(C)(NC)C(=O)O)CC1. The highest BCUT2D eigenvalue weighted by Gasteiger charge is 2.34. The number of nitrogens with zero attached hydrogens (tertiary/aromatic N) is 1. The van der Waals surface area contributed by atoms with Crippen molar-refractivity contribution in [2.45, 2.75) is 38.3 Å². The second-order valence-corrected chi connectivity index (χ2v) is 4.82. The van der Waals surface area contributed by atoms with Crippen molar-refractivity contribution in [1.82, 2.24) is 10.2 Å². The van der Waals surface area contributed by atoms with Crippen LogP contribution < -0.4 is 5.32 Å². The minimum absolute atomic E-state index is 0.349. The zero-order valence-electron chi connectivity index (χ0n) is 11.0. The predicted molar refractivity (Wildman–Crippen MR) is 66.2 cm³/mol. The number of likely N-dealkylation sites (N-methyl/N-ethyl adjacent to an activating group) is 1. The van der Waals surface area contributed by atoms with Gasteiger partial charge in [-0.15, -0.1) is 0 Å². The van der Waals surface area contributed by atoms with Crippen LogP contribution in [0.5, 0.6) is 0 Å². The highest BCUT2D eigenvalue weighted by molar-refractivity contribution is 5.78. The molecule has 5 nitrogen and oxygen atoms in total. The van der Waals surface area contributed by atoms with Gasteiger partial charge in [0.25, 0.3) is 0 Å². The van der Waals surface area contributed by atoms with Gasteiger partial charge in [-0.1, -0.05) is 0 Å². The Hall–Kier alpha value is -0.650.